The van der Waals surface area contributed by atoms with Gasteiger partial charge in [-0.05, 0) is 79.4 Å². The molecule has 2 amide bonds. The van der Waals surface area contributed by atoms with Crippen LogP contribution in [0.3, 0.4) is 0 Å². The molecule has 0 aliphatic heterocycles. The van der Waals surface area contributed by atoms with Gasteiger partial charge in [-0.2, -0.15) is 0 Å². The van der Waals surface area contributed by atoms with E-state index in [1.807, 2.05) is 25.1 Å². The Morgan fingerprint density at radius 1 is 0.923 bits per heavy atom. The molecule has 1 N–H and O–H groups in total. The van der Waals surface area contributed by atoms with E-state index >= 15 is 0 Å². The topological polar surface area (TPSA) is 62.3 Å². The van der Waals surface area contributed by atoms with Gasteiger partial charge >= 0.3 is 0 Å². The lowest BCUT2D eigenvalue weighted by molar-refractivity contribution is -0.123. The fraction of sp³-hybridized carbons (Fsp3) is 0.258. The summed E-state index contributed by atoms with van der Waals surface area (Å²) in [5.74, 6) is -1.96. The zero-order valence-electron chi connectivity index (χ0n) is 21.5. The Morgan fingerprint density at radius 2 is 1.56 bits per heavy atom. The van der Waals surface area contributed by atoms with Crippen LogP contribution in [0.4, 0.5) is 14.5 Å². The molecule has 8 heteroatoms. The Labute approximate surface area is 230 Å². The van der Waals surface area contributed by atoms with Gasteiger partial charge in [0.2, 0.25) is 5.91 Å². The van der Waals surface area contributed by atoms with Gasteiger partial charge in [0, 0.05) is 17.1 Å². The molecular formula is C31H28ClF2N3O2. The number of aryl methyl sites for hydroxylation is 1. The molecule has 1 aromatic heterocycles. The van der Waals surface area contributed by atoms with Crippen molar-refractivity contribution in [3.05, 3.63) is 106 Å². The molecule has 5 nitrogen and oxygen atoms in total. The average molecular weight is 548 g/mol. The summed E-state index contributed by atoms with van der Waals surface area (Å²) in [6.07, 6.45) is 4.80. The van der Waals surface area contributed by atoms with E-state index in [4.69, 9.17) is 11.6 Å². The quantitative estimate of drug-likeness (QED) is 0.257. The van der Waals surface area contributed by atoms with Crippen molar-refractivity contribution in [3.8, 4) is 0 Å². The van der Waals surface area contributed by atoms with Crippen LogP contribution in [0.25, 0.3) is 10.9 Å². The van der Waals surface area contributed by atoms with Crippen molar-refractivity contribution < 1.29 is 18.4 Å². The van der Waals surface area contributed by atoms with Gasteiger partial charge < -0.3 is 5.32 Å². The monoisotopic (exact) mass is 547 g/mol. The van der Waals surface area contributed by atoms with Crippen LogP contribution >= 0.6 is 11.6 Å². The summed E-state index contributed by atoms with van der Waals surface area (Å²) in [4.78, 5) is 33.9. The number of benzene rings is 3. The van der Waals surface area contributed by atoms with Crippen LogP contribution < -0.4 is 10.2 Å². The summed E-state index contributed by atoms with van der Waals surface area (Å²) in [7, 11) is 0. The van der Waals surface area contributed by atoms with Gasteiger partial charge in [0.05, 0.1) is 11.1 Å². The second-order valence-electron chi connectivity index (χ2n) is 9.97. The highest BCUT2D eigenvalue weighted by atomic mass is 35.5. The largest absolute Gasteiger partial charge is 0.351 e. The Bertz CT molecular complexity index is 1500. The van der Waals surface area contributed by atoms with Crippen molar-refractivity contribution in [2.45, 2.75) is 51.1 Å². The van der Waals surface area contributed by atoms with E-state index in [1.54, 1.807) is 6.07 Å². The average Bonchev–Trinajstić information content (AvgIpc) is 2.93. The van der Waals surface area contributed by atoms with E-state index in [0.717, 1.165) is 37.7 Å². The lowest BCUT2D eigenvalue weighted by atomic mass is 9.94. The molecule has 39 heavy (non-hydrogen) atoms. The first-order valence-electron chi connectivity index (χ1n) is 13.0. The molecular weight excluding hydrogens is 520 g/mol. The van der Waals surface area contributed by atoms with Crippen LogP contribution in [0.2, 0.25) is 5.15 Å². The van der Waals surface area contributed by atoms with Crippen molar-refractivity contribution in [1.29, 1.82) is 0 Å². The van der Waals surface area contributed by atoms with Crippen molar-refractivity contribution in [1.82, 2.24) is 10.3 Å². The normalized spacial score (nSPS) is 14.7. The maximum atomic E-state index is 14.3. The number of carbonyl (C=O) groups excluding carboxylic acids is 2. The van der Waals surface area contributed by atoms with Crippen molar-refractivity contribution in [2.24, 2.45) is 0 Å². The third-order valence-corrected chi connectivity index (χ3v) is 7.41. The summed E-state index contributed by atoms with van der Waals surface area (Å²) >= 11 is 6.55. The predicted molar refractivity (Wildman–Crippen MR) is 149 cm³/mol. The Morgan fingerprint density at radius 3 is 2.23 bits per heavy atom. The number of pyridine rings is 1. The van der Waals surface area contributed by atoms with E-state index in [1.165, 1.54) is 53.4 Å². The maximum absolute atomic E-state index is 14.3. The fourth-order valence-electron chi connectivity index (χ4n) is 5.11. The number of hydrogen-bond donors (Lipinski definition) is 1. The fourth-order valence-corrected chi connectivity index (χ4v) is 5.33. The molecule has 1 fully saturated rings. The molecule has 1 unspecified atom stereocenters. The van der Waals surface area contributed by atoms with Crippen molar-refractivity contribution in [2.75, 3.05) is 4.90 Å². The Kier molecular flexibility index (Phi) is 7.89. The molecule has 3 aromatic carbocycles. The number of nitrogens with one attached hydrogen (secondary N) is 1. The number of aromatic nitrogens is 1. The van der Waals surface area contributed by atoms with E-state index in [9.17, 15) is 18.4 Å². The molecule has 4 aromatic rings. The zero-order valence-corrected chi connectivity index (χ0v) is 22.2. The maximum Gasteiger partial charge on any atom is 0.262 e. The minimum atomic E-state index is -1.17. The predicted octanol–water partition coefficient (Wildman–Crippen LogP) is 7.31. The number of halogens is 3. The van der Waals surface area contributed by atoms with Crippen LogP contribution in [0.1, 0.15) is 59.6 Å². The first-order chi connectivity index (χ1) is 18.8. The zero-order chi connectivity index (χ0) is 27.5. The highest BCUT2D eigenvalue weighted by Gasteiger charge is 2.35. The SMILES string of the molecule is Cc1ccc2cc(C(=O)N(c3ccc(F)cc3)C(C(=O)NC3CCCCC3)c3ccc(F)cc3)c(Cl)nc2c1. The van der Waals surface area contributed by atoms with E-state index in [-0.39, 0.29) is 22.4 Å². The highest BCUT2D eigenvalue weighted by Crippen LogP contribution is 2.33. The summed E-state index contributed by atoms with van der Waals surface area (Å²) in [5.41, 5.74) is 2.41. The molecule has 1 aliphatic carbocycles. The van der Waals surface area contributed by atoms with Gasteiger partial charge in [0.1, 0.15) is 22.8 Å². The molecule has 0 radical (unpaired) electrons. The standard InChI is InChI=1S/C31H28ClF2N3O2/c1-19-7-8-21-18-26(29(32)36-27(21)17-19)31(39)37(25-15-13-23(34)14-16-25)28(20-9-11-22(33)12-10-20)30(38)35-24-5-3-2-4-6-24/h7-18,24,28H,2-6H2,1H3,(H,35,38). The van der Waals surface area contributed by atoms with E-state index in [0.29, 0.717) is 16.5 Å². The van der Waals surface area contributed by atoms with Crippen molar-refractivity contribution >= 4 is 40.0 Å². The summed E-state index contributed by atoms with van der Waals surface area (Å²) in [6, 6.07) is 16.8. The molecule has 0 spiro atoms. The molecule has 200 valence electrons. The highest BCUT2D eigenvalue weighted by molar-refractivity contribution is 6.34. The van der Waals surface area contributed by atoms with Crippen molar-refractivity contribution in [3.63, 3.8) is 0 Å². The third-order valence-electron chi connectivity index (χ3n) is 7.12. The first-order valence-corrected chi connectivity index (χ1v) is 13.4. The van der Waals surface area contributed by atoms with Crippen LogP contribution in [0, 0.1) is 18.6 Å². The van der Waals surface area contributed by atoms with Gasteiger partial charge in [-0.15, -0.1) is 0 Å². The van der Waals surface area contributed by atoms with Gasteiger partial charge in [0.25, 0.3) is 5.91 Å². The lowest BCUT2D eigenvalue weighted by Gasteiger charge is -2.33. The molecule has 1 heterocycles. The molecule has 1 atom stereocenters. The number of nitrogens with zero attached hydrogens (tertiary/aromatic N) is 2. The Balaban J connectivity index is 1.64. The lowest BCUT2D eigenvalue weighted by Crippen LogP contribution is -2.47. The van der Waals surface area contributed by atoms with Crippen LogP contribution in [-0.4, -0.2) is 22.8 Å². The van der Waals surface area contributed by atoms with Crippen LogP contribution in [0.5, 0.6) is 0 Å². The summed E-state index contributed by atoms with van der Waals surface area (Å²) < 4.78 is 27.8. The summed E-state index contributed by atoms with van der Waals surface area (Å²) in [6.45, 7) is 1.93. The number of fused-ring (bicyclic) bond motifs is 1. The van der Waals surface area contributed by atoms with Gasteiger partial charge in [-0.3, -0.25) is 14.5 Å². The van der Waals surface area contributed by atoms with Crippen LogP contribution in [-0.2, 0) is 4.79 Å². The third kappa shape index (κ3) is 5.93. The van der Waals surface area contributed by atoms with E-state index in [2.05, 4.69) is 10.3 Å². The second kappa shape index (κ2) is 11.5. The number of hydrogen-bond acceptors (Lipinski definition) is 3. The minimum Gasteiger partial charge on any atom is -0.351 e. The molecule has 0 saturated heterocycles. The van der Waals surface area contributed by atoms with Crippen LogP contribution in [0.15, 0.2) is 72.8 Å². The molecule has 5 rings (SSSR count). The minimum absolute atomic E-state index is 0.0178. The molecule has 1 aliphatic rings. The number of amides is 2. The Hall–Kier alpha value is -3.84. The summed E-state index contributed by atoms with van der Waals surface area (Å²) in [5, 5.41) is 3.79. The van der Waals surface area contributed by atoms with Gasteiger partial charge in [-0.1, -0.05) is 55.1 Å². The van der Waals surface area contributed by atoms with E-state index < -0.39 is 29.5 Å². The second-order valence-corrected chi connectivity index (χ2v) is 10.3. The molecule has 1 saturated carbocycles. The van der Waals surface area contributed by atoms with Gasteiger partial charge in [0.15, 0.2) is 0 Å². The number of anilines is 1. The van der Waals surface area contributed by atoms with Gasteiger partial charge in [-0.25, -0.2) is 13.8 Å². The smallest absolute Gasteiger partial charge is 0.262 e. The first kappa shape index (κ1) is 26.8. The number of carbonyl (C=O) groups is 2. The molecule has 0 bridgehead atoms. The number of rotatable bonds is 6.